The second-order valence-electron chi connectivity index (χ2n) is 9.33. The van der Waals surface area contributed by atoms with Gasteiger partial charge in [-0.1, -0.05) is 73.5 Å². The molecule has 0 amide bonds. The number of nitrogens with zero attached hydrogens (tertiary/aromatic N) is 5. The number of aromatic amines is 1. The van der Waals surface area contributed by atoms with Crippen LogP contribution in [-0.4, -0.2) is 48.8 Å². The smallest absolute Gasteiger partial charge is 0.312 e. The van der Waals surface area contributed by atoms with Gasteiger partial charge in [-0.05, 0) is 53.3 Å². The van der Waals surface area contributed by atoms with Gasteiger partial charge in [-0.25, -0.2) is 5.10 Å². The summed E-state index contributed by atoms with van der Waals surface area (Å²) in [6.45, 7) is 4.38. The van der Waals surface area contributed by atoms with E-state index in [-0.39, 0.29) is 30.5 Å². The molecule has 2 heterocycles. The number of aromatic nitrogens is 4. The molecule has 13 heteroatoms. The second kappa shape index (κ2) is 12.6. The molecule has 1 aromatic heterocycles. The van der Waals surface area contributed by atoms with Crippen molar-refractivity contribution in [3.05, 3.63) is 75.2 Å². The standard InChI is InChI=1S/C26H30ClN7O5/c1-3-4-15-26(2)28-23(27)25(39-22(35)10-7-16-38-34(36)37)33(26)17-18-11-13-19(14-12-18)20-8-5-6-9-21(20)24-29-31-32-30-24/h5-6,8-9,11-14,28H,3-4,7,10,15-17H2,1-2H3,(H,29,30,31,32). The van der Waals surface area contributed by atoms with Crippen LogP contribution in [0.15, 0.2) is 59.6 Å². The Bertz CT molecular complexity index is 1320. The first-order valence-electron chi connectivity index (χ1n) is 12.7. The van der Waals surface area contributed by atoms with E-state index in [0.29, 0.717) is 12.4 Å². The molecule has 206 valence electrons. The zero-order chi connectivity index (χ0) is 27.8. The lowest BCUT2D eigenvalue weighted by Crippen LogP contribution is -2.49. The summed E-state index contributed by atoms with van der Waals surface area (Å²) in [5.41, 5.74) is 3.29. The molecular formula is C26H30ClN7O5. The first-order chi connectivity index (χ1) is 18.8. The van der Waals surface area contributed by atoms with Crippen LogP contribution in [0.2, 0.25) is 0 Å². The third kappa shape index (κ3) is 6.82. The summed E-state index contributed by atoms with van der Waals surface area (Å²) in [4.78, 5) is 29.1. The SMILES string of the molecule is CCCCC1(C)NC(Cl)=C(OC(=O)CCCO[N+](=O)[O-])N1Cc1ccc(-c2ccccc2-c2nnn[nH]2)cc1. The topological polar surface area (TPSA) is 148 Å². The third-order valence-corrected chi connectivity index (χ3v) is 6.75. The van der Waals surface area contributed by atoms with Crippen molar-refractivity contribution in [3.8, 4) is 22.5 Å². The van der Waals surface area contributed by atoms with E-state index in [0.717, 1.165) is 41.5 Å². The Labute approximate surface area is 230 Å². The van der Waals surface area contributed by atoms with Crippen molar-refractivity contribution in [3.63, 3.8) is 0 Å². The highest BCUT2D eigenvalue weighted by Gasteiger charge is 2.42. The van der Waals surface area contributed by atoms with Crippen molar-refractivity contribution in [2.24, 2.45) is 0 Å². The van der Waals surface area contributed by atoms with Crippen molar-refractivity contribution < 1.29 is 19.5 Å². The maximum absolute atomic E-state index is 12.5. The number of unbranched alkanes of at least 4 members (excludes halogenated alkanes) is 1. The van der Waals surface area contributed by atoms with Crippen LogP contribution in [-0.2, 0) is 20.9 Å². The van der Waals surface area contributed by atoms with Crippen LogP contribution in [0.5, 0.6) is 0 Å². The van der Waals surface area contributed by atoms with Gasteiger partial charge in [-0.3, -0.25) is 4.79 Å². The van der Waals surface area contributed by atoms with Crippen LogP contribution in [0.4, 0.5) is 0 Å². The highest BCUT2D eigenvalue weighted by Crippen LogP contribution is 2.37. The predicted octanol–water partition coefficient (Wildman–Crippen LogP) is 4.74. The normalized spacial score (nSPS) is 16.7. The summed E-state index contributed by atoms with van der Waals surface area (Å²) < 4.78 is 5.67. The van der Waals surface area contributed by atoms with E-state index < -0.39 is 16.7 Å². The van der Waals surface area contributed by atoms with E-state index >= 15 is 0 Å². The number of nitrogens with one attached hydrogen (secondary N) is 2. The maximum atomic E-state index is 12.5. The number of benzene rings is 2. The van der Waals surface area contributed by atoms with Crippen LogP contribution >= 0.6 is 11.6 Å². The largest absolute Gasteiger partial charge is 0.406 e. The van der Waals surface area contributed by atoms with E-state index in [9.17, 15) is 14.9 Å². The Morgan fingerprint density at radius 2 is 1.90 bits per heavy atom. The van der Waals surface area contributed by atoms with E-state index in [4.69, 9.17) is 16.3 Å². The molecule has 0 spiro atoms. The van der Waals surface area contributed by atoms with Crippen molar-refractivity contribution in [2.75, 3.05) is 6.61 Å². The molecule has 1 aliphatic rings. The molecule has 3 aromatic rings. The summed E-state index contributed by atoms with van der Waals surface area (Å²) in [7, 11) is 0. The lowest BCUT2D eigenvalue weighted by Gasteiger charge is -2.38. The molecule has 0 bridgehead atoms. The molecule has 0 saturated carbocycles. The van der Waals surface area contributed by atoms with Crippen LogP contribution in [0.25, 0.3) is 22.5 Å². The molecule has 1 aliphatic heterocycles. The number of carbonyl (C=O) groups is 1. The Balaban J connectivity index is 1.52. The number of esters is 1. The molecule has 2 aromatic carbocycles. The molecule has 1 unspecified atom stereocenters. The summed E-state index contributed by atoms with van der Waals surface area (Å²) in [5.74, 6) is 0.277. The fourth-order valence-corrected chi connectivity index (χ4v) is 4.81. The quantitative estimate of drug-likeness (QED) is 0.0995. The first-order valence-corrected chi connectivity index (χ1v) is 13.0. The van der Waals surface area contributed by atoms with E-state index in [2.05, 4.69) is 37.7 Å². The molecule has 1 atom stereocenters. The van der Waals surface area contributed by atoms with Gasteiger partial charge < -0.3 is 19.8 Å². The number of ether oxygens (including phenoxy) is 1. The highest BCUT2D eigenvalue weighted by atomic mass is 35.5. The second-order valence-corrected chi connectivity index (χ2v) is 9.71. The summed E-state index contributed by atoms with van der Waals surface area (Å²) in [6, 6.07) is 15.9. The number of H-pyrrole nitrogens is 1. The van der Waals surface area contributed by atoms with Gasteiger partial charge in [-0.15, -0.1) is 15.2 Å². The van der Waals surface area contributed by atoms with Crippen molar-refractivity contribution in [1.82, 2.24) is 30.8 Å². The Kier molecular flexibility index (Phi) is 8.97. The third-order valence-electron chi connectivity index (χ3n) is 6.49. The number of hydrogen-bond donors (Lipinski definition) is 2. The summed E-state index contributed by atoms with van der Waals surface area (Å²) in [5, 5.41) is 27.2. The molecule has 0 fully saturated rings. The van der Waals surface area contributed by atoms with Gasteiger partial charge in [-0.2, -0.15) is 0 Å². The average molecular weight is 556 g/mol. The van der Waals surface area contributed by atoms with Gasteiger partial charge in [0.05, 0.1) is 6.61 Å². The fraction of sp³-hybridized carbons (Fsp3) is 0.385. The number of tetrazole rings is 1. The van der Waals surface area contributed by atoms with Crippen molar-refractivity contribution in [2.45, 2.75) is 58.2 Å². The number of rotatable bonds is 13. The predicted molar refractivity (Wildman–Crippen MR) is 143 cm³/mol. The maximum Gasteiger partial charge on any atom is 0.312 e. The minimum Gasteiger partial charge on any atom is -0.406 e. The number of halogens is 1. The van der Waals surface area contributed by atoms with Gasteiger partial charge in [0.15, 0.2) is 11.0 Å². The van der Waals surface area contributed by atoms with Gasteiger partial charge >= 0.3 is 5.97 Å². The fourth-order valence-electron chi connectivity index (χ4n) is 4.47. The lowest BCUT2D eigenvalue weighted by atomic mass is 9.98. The van der Waals surface area contributed by atoms with Crippen LogP contribution < -0.4 is 5.32 Å². The highest BCUT2D eigenvalue weighted by molar-refractivity contribution is 6.29. The zero-order valence-corrected chi connectivity index (χ0v) is 22.5. The molecule has 0 saturated heterocycles. The van der Waals surface area contributed by atoms with E-state index in [1.54, 1.807) is 0 Å². The summed E-state index contributed by atoms with van der Waals surface area (Å²) in [6.07, 6.45) is 2.81. The average Bonchev–Trinajstić information content (AvgIpc) is 3.54. The van der Waals surface area contributed by atoms with Gasteiger partial charge in [0.25, 0.3) is 5.09 Å². The van der Waals surface area contributed by atoms with Crippen molar-refractivity contribution in [1.29, 1.82) is 0 Å². The summed E-state index contributed by atoms with van der Waals surface area (Å²) >= 11 is 6.54. The van der Waals surface area contributed by atoms with Gasteiger partial charge in [0.2, 0.25) is 5.88 Å². The molecular weight excluding hydrogens is 526 g/mol. The molecule has 4 rings (SSSR count). The van der Waals surface area contributed by atoms with Crippen molar-refractivity contribution >= 4 is 17.6 Å². The van der Waals surface area contributed by atoms with E-state index in [1.165, 1.54) is 0 Å². The van der Waals surface area contributed by atoms with Gasteiger partial charge in [0.1, 0.15) is 5.66 Å². The minimum atomic E-state index is -0.887. The Hall–Kier alpha value is -4.19. The Morgan fingerprint density at radius 3 is 2.56 bits per heavy atom. The number of carbonyl (C=O) groups excluding carboxylic acids is 1. The number of hydrogen-bond acceptors (Lipinski definition) is 10. The first kappa shape index (κ1) is 27.8. The molecule has 39 heavy (non-hydrogen) atoms. The van der Waals surface area contributed by atoms with Crippen LogP contribution in [0, 0.1) is 10.1 Å². The monoisotopic (exact) mass is 555 g/mol. The zero-order valence-electron chi connectivity index (χ0n) is 21.7. The van der Waals surface area contributed by atoms with Gasteiger partial charge in [0, 0.05) is 18.5 Å². The molecule has 0 aliphatic carbocycles. The molecule has 12 nitrogen and oxygen atoms in total. The molecule has 0 radical (unpaired) electrons. The minimum absolute atomic E-state index is 0.0458. The molecule has 2 N–H and O–H groups in total. The van der Waals surface area contributed by atoms with Crippen LogP contribution in [0.3, 0.4) is 0 Å². The Morgan fingerprint density at radius 1 is 1.15 bits per heavy atom. The lowest BCUT2D eigenvalue weighted by molar-refractivity contribution is -0.757. The van der Waals surface area contributed by atoms with E-state index in [1.807, 2.05) is 60.4 Å². The van der Waals surface area contributed by atoms with Crippen LogP contribution in [0.1, 0.15) is 51.5 Å².